The fourth-order valence-electron chi connectivity index (χ4n) is 4.27. The molecule has 0 spiro atoms. The molecule has 5 rings (SSSR count). The van der Waals surface area contributed by atoms with Gasteiger partial charge in [0, 0.05) is 27.9 Å². The van der Waals surface area contributed by atoms with Crippen LogP contribution in [0.4, 0.5) is 0 Å². The first-order valence-corrected chi connectivity index (χ1v) is 12.4. The van der Waals surface area contributed by atoms with Crippen LogP contribution >= 0.6 is 23.4 Å². The van der Waals surface area contributed by atoms with Crippen molar-refractivity contribution >= 4 is 34.3 Å². The van der Waals surface area contributed by atoms with Crippen molar-refractivity contribution in [1.29, 1.82) is 0 Å². The lowest BCUT2D eigenvalue weighted by molar-refractivity contribution is 0.305. The highest BCUT2D eigenvalue weighted by molar-refractivity contribution is 7.98. The number of hydrogen-bond donors (Lipinski definition) is 0. The minimum atomic E-state index is -0.322. The third kappa shape index (κ3) is 4.33. The van der Waals surface area contributed by atoms with Gasteiger partial charge in [0.25, 0.3) is 0 Å². The second kappa shape index (κ2) is 8.97. The van der Waals surface area contributed by atoms with E-state index in [-0.39, 0.29) is 11.7 Å². The first-order chi connectivity index (χ1) is 15.9. The molecule has 0 saturated carbocycles. The molecule has 0 aliphatic heterocycles. The van der Waals surface area contributed by atoms with Crippen LogP contribution in [0.15, 0.2) is 56.8 Å². The molecule has 0 radical (unpaired) electrons. The van der Waals surface area contributed by atoms with Crippen molar-refractivity contribution in [3.63, 3.8) is 0 Å². The van der Waals surface area contributed by atoms with Crippen LogP contribution in [0.2, 0.25) is 5.02 Å². The topological polar surface area (TPSA) is 64.2 Å². The summed E-state index contributed by atoms with van der Waals surface area (Å²) in [6.07, 6.45) is 3.27. The van der Waals surface area contributed by atoms with Crippen molar-refractivity contribution in [1.82, 2.24) is 19.7 Å². The first-order valence-electron chi connectivity index (χ1n) is 11.0. The number of nitrogens with zero attached hydrogens (tertiary/aromatic N) is 4. The predicted molar refractivity (Wildman–Crippen MR) is 133 cm³/mol. The van der Waals surface area contributed by atoms with E-state index in [1.165, 1.54) is 11.1 Å². The van der Waals surface area contributed by atoms with Crippen LogP contribution in [0, 0.1) is 0 Å². The van der Waals surface area contributed by atoms with Gasteiger partial charge in [0.1, 0.15) is 5.58 Å². The molecule has 170 valence electrons. The SMILES string of the molecule is CC(c1nnc(SCc2cc(=O)oc3cc4c(cc23)CCC4)n1-c1ccc(Cl)cc1)N(C)C. The molecule has 4 aromatic rings. The normalized spacial score (nSPS) is 14.2. The highest BCUT2D eigenvalue weighted by atomic mass is 35.5. The molecule has 2 heterocycles. The maximum absolute atomic E-state index is 12.3. The lowest BCUT2D eigenvalue weighted by Gasteiger charge is -2.20. The monoisotopic (exact) mass is 480 g/mol. The minimum Gasteiger partial charge on any atom is -0.423 e. The van der Waals surface area contributed by atoms with Crippen molar-refractivity contribution in [3.05, 3.63) is 80.4 Å². The van der Waals surface area contributed by atoms with Gasteiger partial charge in [-0.05, 0) is 93.4 Å². The van der Waals surface area contributed by atoms with Crippen LogP contribution in [-0.4, -0.2) is 33.8 Å². The molecule has 0 bridgehead atoms. The van der Waals surface area contributed by atoms with Crippen LogP contribution in [-0.2, 0) is 18.6 Å². The molecule has 2 aromatic carbocycles. The Hall–Kier alpha value is -2.61. The molecule has 0 amide bonds. The minimum absolute atomic E-state index is 0.0646. The zero-order valence-electron chi connectivity index (χ0n) is 18.8. The standard InChI is InChI=1S/C25H25ClN4O2S/c1-15(29(2)3)24-27-28-25(30(24)20-9-7-19(26)8-10-20)33-14-18-13-23(31)32-22-12-17-6-4-5-16(17)11-21(18)22/h7-13,15H,4-6,14H2,1-3H3. The molecule has 33 heavy (non-hydrogen) atoms. The van der Waals surface area contributed by atoms with E-state index in [1.807, 2.05) is 44.4 Å². The number of halogens is 1. The van der Waals surface area contributed by atoms with Crippen molar-refractivity contribution in [2.75, 3.05) is 14.1 Å². The van der Waals surface area contributed by atoms with Crippen LogP contribution in [0.5, 0.6) is 0 Å². The number of thioether (sulfide) groups is 1. The maximum atomic E-state index is 12.3. The third-order valence-electron chi connectivity index (χ3n) is 6.29. The molecule has 2 aromatic heterocycles. The number of rotatable bonds is 6. The van der Waals surface area contributed by atoms with Crippen LogP contribution in [0.1, 0.15) is 41.9 Å². The molecular weight excluding hydrogens is 456 g/mol. The molecule has 1 aliphatic carbocycles. The Morgan fingerprint density at radius 2 is 1.85 bits per heavy atom. The molecule has 1 atom stereocenters. The van der Waals surface area contributed by atoms with Gasteiger partial charge in [-0.1, -0.05) is 23.4 Å². The van der Waals surface area contributed by atoms with Gasteiger partial charge in [0.2, 0.25) is 0 Å². The summed E-state index contributed by atoms with van der Waals surface area (Å²) in [7, 11) is 4.04. The molecule has 0 saturated heterocycles. The Bertz CT molecular complexity index is 1380. The van der Waals surface area contributed by atoms with Gasteiger partial charge < -0.3 is 4.42 Å². The highest BCUT2D eigenvalue weighted by Gasteiger charge is 2.22. The summed E-state index contributed by atoms with van der Waals surface area (Å²) < 4.78 is 7.60. The number of benzene rings is 2. The molecule has 0 fully saturated rings. The van der Waals surface area contributed by atoms with E-state index in [0.717, 1.165) is 46.9 Å². The van der Waals surface area contributed by atoms with Gasteiger partial charge in [-0.2, -0.15) is 0 Å². The Morgan fingerprint density at radius 3 is 2.58 bits per heavy atom. The van der Waals surface area contributed by atoms with Crippen molar-refractivity contribution < 1.29 is 4.42 Å². The molecule has 1 aliphatic rings. The van der Waals surface area contributed by atoms with Crippen molar-refractivity contribution in [2.24, 2.45) is 0 Å². The number of fused-ring (bicyclic) bond motifs is 2. The molecule has 8 heteroatoms. The fourth-order valence-corrected chi connectivity index (χ4v) is 5.34. The lowest BCUT2D eigenvalue weighted by atomic mass is 10.0. The van der Waals surface area contributed by atoms with Crippen molar-refractivity contribution in [2.45, 2.75) is 43.1 Å². The Labute approximate surface area is 201 Å². The Kier molecular flexibility index (Phi) is 6.03. The molecular formula is C25H25ClN4O2S. The average molecular weight is 481 g/mol. The summed E-state index contributed by atoms with van der Waals surface area (Å²) in [6, 6.07) is 13.6. The van der Waals surface area contributed by atoms with E-state index in [0.29, 0.717) is 16.4 Å². The molecule has 1 unspecified atom stereocenters. The van der Waals surface area contributed by atoms with E-state index in [2.05, 4.69) is 32.7 Å². The fraction of sp³-hybridized carbons (Fsp3) is 0.320. The van der Waals surface area contributed by atoms with Gasteiger partial charge in [0.05, 0.1) is 6.04 Å². The summed E-state index contributed by atoms with van der Waals surface area (Å²) in [5.74, 6) is 1.43. The lowest BCUT2D eigenvalue weighted by Crippen LogP contribution is -2.20. The largest absolute Gasteiger partial charge is 0.423 e. The van der Waals surface area contributed by atoms with E-state index in [4.69, 9.17) is 16.0 Å². The van der Waals surface area contributed by atoms with Gasteiger partial charge in [-0.3, -0.25) is 9.47 Å². The highest BCUT2D eigenvalue weighted by Crippen LogP contribution is 2.33. The zero-order chi connectivity index (χ0) is 23.1. The molecule has 6 nitrogen and oxygen atoms in total. The van der Waals surface area contributed by atoms with Crippen LogP contribution in [0.3, 0.4) is 0 Å². The summed E-state index contributed by atoms with van der Waals surface area (Å²) in [6.45, 7) is 2.10. The summed E-state index contributed by atoms with van der Waals surface area (Å²) in [5.41, 5.74) is 4.89. The summed E-state index contributed by atoms with van der Waals surface area (Å²) >= 11 is 7.69. The van der Waals surface area contributed by atoms with Crippen molar-refractivity contribution in [3.8, 4) is 5.69 Å². The smallest absolute Gasteiger partial charge is 0.336 e. The van der Waals surface area contributed by atoms with E-state index in [1.54, 1.807) is 17.8 Å². The van der Waals surface area contributed by atoms with Crippen LogP contribution in [0.25, 0.3) is 16.7 Å². The first kappa shape index (κ1) is 22.2. The van der Waals surface area contributed by atoms with E-state index >= 15 is 0 Å². The zero-order valence-corrected chi connectivity index (χ0v) is 20.4. The van der Waals surface area contributed by atoms with E-state index < -0.39 is 0 Å². The van der Waals surface area contributed by atoms with E-state index in [9.17, 15) is 4.79 Å². The third-order valence-corrected chi connectivity index (χ3v) is 7.52. The summed E-state index contributed by atoms with van der Waals surface area (Å²) in [5, 5.41) is 11.5. The maximum Gasteiger partial charge on any atom is 0.336 e. The number of hydrogen-bond acceptors (Lipinski definition) is 6. The van der Waals surface area contributed by atoms with Crippen LogP contribution < -0.4 is 5.63 Å². The van der Waals surface area contributed by atoms with Gasteiger partial charge in [-0.25, -0.2) is 4.79 Å². The van der Waals surface area contributed by atoms with Gasteiger partial charge in [-0.15, -0.1) is 10.2 Å². The summed E-state index contributed by atoms with van der Waals surface area (Å²) in [4.78, 5) is 14.4. The predicted octanol–water partition coefficient (Wildman–Crippen LogP) is 5.43. The molecule has 0 N–H and O–H groups in total. The second-order valence-corrected chi connectivity index (χ2v) is 10.0. The Morgan fingerprint density at radius 1 is 1.12 bits per heavy atom. The number of aromatic nitrogens is 3. The Balaban J connectivity index is 1.53. The van der Waals surface area contributed by atoms with Gasteiger partial charge >= 0.3 is 5.63 Å². The second-order valence-electron chi connectivity index (χ2n) is 8.64. The van der Waals surface area contributed by atoms with Gasteiger partial charge in [0.15, 0.2) is 11.0 Å². The number of aryl methyl sites for hydroxylation is 2. The quantitative estimate of drug-likeness (QED) is 0.271. The average Bonchev–Trinajstić information content (AvgIpc) is 3.42.